The lowest BCUT2D eigenvalue weighted by Gasteiger charge is -2.11. The van der Waals surface area contributed by atoms with Crippen molar-refractivity contribution in [3.8, 4) is 17.4 Å². The highest BCUT2D eigenvalue weighted by atomic mass is 35.5. The number of ether oxygens (including phenoxy) is 2. The first-order valence-corrected chi connectivity index (χ1v) is 6.44. The standard InChI is InChI=1S/C14H11ClN4O2/c1-20-12-13(16)18-7-19-14(12)21-10-5-4-9(15)8-3-2-6-17-11(8)10/h2-7H,1H3,(H2,16,18,19). The monoisotopic (exact) mass is 302 g/mol. The van der Waals surface area contributed by atoms with Gasteiger partial charge in [-0.2, -0.15) is 4.98 Å². The average molecular weight is 303 g/mol. The Bertz CT molecular complexity index is 810. The molecule has 0 radical (unpaired) electrons. The molecule has 106 valence electrons. The van der Waals surface area contributed by atoms with Crippen LogP contribution in [0.25, 0.3) is 10.9 Å². The molecule has 0 atom stereocenters. The Hall–Kier alpha value is -2.60. The predicted octanol–water partition coefficient (Wildman–Crippen LogP) is 3.06. The molecule has 3 aromatic rings. The Morgan fingerprint density at radius 3 is 2.81 bits per heavy atom. The summed E-state index contributed by atoms with van der Waals surface area (Å²) in [5.74, 6) is 1.20. The van der Waals surface area contributed by atoms with E-state index in [4.69, 9.17) is 26.8 Å². The number of nitrogens with two attached hydrogens (primary N) is 1. The number of rotatable bonds is 3. The summed E-state index contributed by atoms with van der Waals surface area (Å²) >= 11 is 6.15. The summed E-state index contributed by atoms with van der Waals surface area (Å²) in [5, 5.41) is 1.39. The van der Waals surface area contributed by atoms with E-state index in [0.29, 0.717) is 16.3 Å². The number of anilines is 1. The fourth-order valence-corrected chi connectivity index (χ4v) is 2.15. The van der Waals surface area contributed by atoms with Crippen LogP contribution in [-0.2, 0) is 0 Å². The molecule has 2 aromatic heterocycles. The molecule has 0 fully saturated rings. The zero-order chi connectivity index (χ0) is 14.8. The molecule has 0 saturated heterocycles. The molecule has 0 aliphatic heterocycles. The first kappa shape index (κ1) is 13.4. The lowest BCUT2D eigenvalue weighted by molar-refractivity contribution is 0.370. The number of fused-ring (bicyclic) bond motifs is 1. The Morgan fingerprint density at radius 1 is 1.14 bits per heavy atom. The average Bonchev–Trinajstić information content (AvgIpc) is 2.51. The number of pyridine rings is 1. The van der Waals surface area contributed by atoms with E-state index in [0.717, 1.165) is 5.39 Å². The highest BCUT2D eigenvalue weighted by Crippen LogP contribution is 2.36. The normalized spacial score (nSPS) is 10.6. The number of hydrogen-bond donors (Lipinski definition) is 1. The number of methoxy groups -OCH3 is 1. The van der Waals surface area contributed by atoms with Crippen LogP contribution < -0.4 is 15.2 Å². The topological polar surface area (TPSA) is 83.2 Å². The minimum Gasteiger partial charge on any atom is -0.489 e. The number of nitrogens with zero attached hydrogens (tertiary/aromatic N) is 3. The van der Waals surface area contributed by atoms with E-state index in [1.807, 2.05) is 6.07 Å². The number of halogens is 1. The third kappa shape index (κ3) is 2.41. The fraction of sp³-hybridized carbons (Fsp3) is 0.0714. The van der Waals surface area contributed by atoms with Gasteiger partial charge in [-0.05, 0) is 24.3 Å². The smallest absolute Gasteiger partial charge is 0.268 e. The van der Waals surface area contributed by atoms with Gasteiger partial charge >= 0.3 is 0 Å². The number of aromatic nitrogens is 3. The SMILES string of the molecule is COc1c(N)ncnc1Oc1ccc(Cl)c2cccnc12. The van der Waals surface area contributed by atoms with Crippen molar-refractivity contribution in [2.75, 3.05) is 12.8 Å². The van der Waals surface area contributed by atoms with Gasteiger partial charge in [0.1, 0.15) is 11.8 Å². The zero-order valence-electron chi connectivity index (χ0n) is 11.1. The zero-order valence-corrected chi connectivity index (χ0v) is 11.8. The van der Waals surface area contributed by atoms with Gasteiger partial charge in [0.25, 0.3) is 5.88 Å². The van der Waals surface area contributed by atoms with E-state index < -0.39 is 0 Å². The lowest BCUT2D eigenvalue weighted by atomic mass is 10.2. The van der Waals surface area contributed by atoms with Gasteiger partial charge in [0, 0.05) is 11.6 Å². The summed E-state index contributed by atoms with van der Waals surface area (Å²) in [5.41, 5.74) is 6.36. The van der Waals surface area contributed by atoms with Gasteiger partial charge in [0.15, 0.2) is 11.6 Å². The van der Waals surface area contributed by atoms with Crippen molar-refractivity contribution in [3.63, 3.8) is 0 Å². The number of benzene rings is 1. The molecule has 0 aliphatic carbocycles. The van der Waals surface area contributed by atoms with E-state index in [1.165, 1.54) is 13.4 Å². The first-order valence-electron chi connectivity index (χ1n) is 6.06. The van der Waals surface area contributed by atoms with Gasteiger partial charge < -0.3 is 15.2 Å². The molecule has 21 heavy (non-hydrogen) atoms. The molecule has 0 amide bonds. The second-order valence-corrected chi connectivity index (χ2v) is 4.55. The molecule has 0 spiro atoms. The fourth-order valence-electron chi connectivity index (χ4n) is 1.93. The van der Waals surface area contributed by atoms with Crippen LogP contribution in [0.1, 0.15) is 0 Å². The van der Waals surface area contributed by atoms with Crippen LogP contribution in [0, 0.1) is 0 Å². The second kappa shape index (κ2) is 5.41. The molecular formula is C14H11ClN4O2. The molecule has 1 aromatic carbocycles. The lowest BCUT2D eigenvalue weighted by Crippen LogP contribution is -2.00. The van der Waals surface area contributed by atoms with Crippen LogP contribution in [0.15, 0.2) is 36.8 Å². The van der Waals surface area contributed by atoms with E-state index in [9.17, 15) is 0 Å². The first-order chi connectivity index (χ1) is 10.2. The molecule has 7 heteroatoms. The quantitative estimate of drug-likeness (QED) is 0.800. The number of nitrogen functional groups attached to an aromatic ring is 1. The van der Waals surface area contributed by atoms with E-state index in [2.05, 4.69) is 15.0 Å². The summed E-state index contributed by atoms with van der Waals surface area (Å²) in [4.78, 5) is 12.2. The van der Waals surface area contributed by atoms with Crippen LogP contribution in [0.4, 0.5) is 5.82 Å². The molecule has 2 heterocycles. The van der Waals surface area contributed by atoms with Gasteiger partial charge in [-0.15, -0.1) is 0 Å². The van der Waals surface area contributed by atoms with Crippen LogP contribution >= 0.6 is 11.6 Å². The van der Waals surface area contributed by atoms with Crippen molar-refractivity contribution in [2.45, 2.75) is 0 Å². The van der Waals surface area contributed by atoms with Gasteiger partial charge in [-0.3, -0.25) is 4.98 Å². The Kier molecular flexibility index (Phi) is 3.45. The van der Waals surface area contributed by atoms with Crippen molar-refractivity contribution in [1.82, 2.24) is 15.0 Å². The third-order valence-electron chi connectivity index (χ3n) is 2.89. The third-order valence-corrected chi connectivity index (χ3v) is 3.22. The van der Waals surface area contributed by atoms with Gasteiger partial charge in [0.05, 0.1) is 12.1 Å². The Labute approximate surface area is 125 Å². The van der Waals surface area contributed by atoms with E-state index >= 15 is 0 Å². The summed E-state index contributed by atoms with van der Waals surface area (Å²) in [7, 11) is 1.47. The maximum atomic E-state index is 6.15. The molecule has 6 nitrogen and oxygen atoms in total. The van der Waals surface area contributed by atoms with Crippen molar-refractivity contribution in [2.24, 2.45) is 0 Å². The molecular weight excluding hydrogens is 292 g/mol. The molecule has 2 N–H and O–H groups in total. The van der Waals surface area contributed by atoms with Crippen LogP contribution in [0.2, 0.25) is 5.02 Å². The predicted molar refractivity (Wildman–Crippen MR) is 79.8 cm³/mol. The van der Waals surface area contributed by atoms with E-state index in [-0.39, 0.29) is 17.4 Å². The van der Waals surface area contributed by atoms with Gasteiger partial charge in [-0.25, -0.2) is 4.98 Å². The summed E-state index contributed by atoms with van der Waals surface area (Å²) < 4.78 is 10.9. The Balaban J connectivity index is 2.11. The maximum absolute atomic E-state index is 6.15. The van der Waals surface area contributed by atoms with Crippen LogP contribution in [0.5, 0.6) is 17.4 Å². The second-order valence-electron chi connectivity index (χ2n) is 4.14. The van der Waals surface area contributed by atoms with Crippen molar-refractivity contribution < 1.29 is 9.47 Å². The Morgan fingerprint density at radius 2 is 2.00 bits per heavy atom. The molecule has 0 saturated carbocycles. The molecule has 0 aliphatic rings. The highest BCUT2D eigenvalue weighted by Gasteiger charge is 2.14. The van der Waals surface area contributed by atoms with Crippen molar-refractivity contribution in [3.05, 3.63) is 41.8 Å². The number of hydrogen-bond acceptors (Lipinski definition) is 6. The minimum atomic E-state index is 0.203. The van der Waals surface area contributed by atoms with E-state index in [1.54, 1.807) is 24.4 Å². The summed E-state index contributed by atoms with van der Waals surface area (Å²) in [6.45, 7) is 0. The van der Waals surface area contributed by atoms with Crippen molar-refractivity contribution in [1.29, 1.82) is 0 Å². The van der Waals surface area contributed by atoms with Crippen LogP contribution in [0.3, 0.4) is 0 Å². The summed E-state index contributed by atoms with van der Waals surface area (Å²) in [6.07, 6.45) is 2.97. The van der Waals surface area contributed by atoms with Gasteiger partial charge in [0.2, 0.25) is 5.75 Å². The minimum absolute atomic E-state index is 0.203. The highest BCUT2D eigenvalue weighted by molar-refractivity contribution is 6.35. The molecule has 0 unspecified atom stereocenters. The van der Waals surface area contributed by atoms with Gasteiger partial charge in [-0.1, -0.05) is 11.6 Å². The van der Waals surface area contributed by atoms with Crippen LogP contribution in [-0.4, -0.2) is 22.1 Å². The largest absolute Gasteiger partial charge is 0.489 e. The summed E-state index contributed by atoms with van der Waals surface area (Å²) in [6, 6.07) is 7.12. The van der Waals surface area contributed by atoms with Crippen molar-refractivity contribution >= 4 is 28.3 Å². The molecule has 3 rings (SSSR count). The molecule has 0 bridgehead atoms. The maximum Gasteiger partial charge on any atom is 0.268 e.